The number of carboxylic acids is 1. The van der Waals surface area contributed by atoms with Gasteiger partial charge in [-0.05, 0) is 23.6 Å². The van der Waals surface area contributed by atoms with Crippen molar-refractivity contribution in [2.75, 3.05) is 13.1 Å². The summed E-state index contributed by atoms with van der Waals surface area (Å²) < 4.78 is 26.5. The lowest BCUT2D eigenvalue weighted by Gasteiger charge is -2.31. The summed E-state index contributed by atoms with van der Waals surface area (Å²) >= 11 is 6.83. The number of hydrogen-bond acceptors (Lipinski definition) is 6. The van der Waals surface area contributed by atoms with E-state index in [1.165, 1.54) is 6.07 Å². The van der Waals surface area contributed by atoms with Gasteiger partial charge in [0.1, 0.15) is 4.21 Å². The van der Waals surface area contributed by atoms with Gasteiger partial charge in [0.15, 0.2) is 6.04 Å². The Kier molecular flexibility index (Phi) is 4.05. The molecule has 2 heterocycles. The van der Waals surface area contributed by atoms with Gasteiger partial charge in [-0.15, -0.1) is 11.3 Å². The average Bonchev–Trinajstić information content (AvgIpc) is 2.90. The van der Waals surface area contributed by atoms with Gasteiger partial charge in [0.2, 0.25) is 0 Å². The zero-order chi connectivity index (χ0) is 16.8. The molecule has 10 heteroatoms. The number of fused-ring (bicyclic) bond motifs is 1. The first kappa shape index (κ1) is 16.2. The number of carbonyl (C=O) groups excluding carboxylic acids is 1. The van der Waals surface area contributed by atoms with E-state index in [2.05, 4.69) is 5.32 Å². The van der Waals surface area contributed by atoms with Gasteiger partial charge in [0.05, 0.1) is 6.54 Å². The van der Waals surface area contributed by atoms with Gasteiger partial charge in [-0.3, -0.25) is 4.79 Å². The van der Waals surface area contributed by atoms with Crippen molar-refractivity contribution in [3.63, 3.8) is 0 Å². The predicted molar refractivity (Wildman–Crippen MR) is 85.2 cm³/mol. The van der Waals surface area contributed by atoms with Crippen LogP contribution in [0.1, 0.15) is 0 Å². The zero-order valence-corrected chi connectivity index (χ0v) is 13.9. The first-order chi connectivity index (χ1) is 10.8. The molecule has 1 amide bonds. The topological polar surface area (TPSA) is 104 Å². The van der Waals surface area contributed by atoms with E-state index in [1.54, 1.807) is 18.2 Å². The van der Waals surface area contributed by atoms with Crippen molar-refractivity contribution in [1.82, 2.24) is 9.62 Å². The molecule has 0 radical (unpaired) electrons. The minimum Gasteiger partial charge on any atom is -0.480 e. The summed E-state index contributed by atoms with van der Waals surface area (Å²) in [5.41, 5.74) is 0. The number of nitrogens with one attached hydrogen (secondary N) is 1. The smallest absolute Gasteiger partial charge is 0.328 e. The maximum Gasteiger partial charge on any atom is 0.328 e. The van der Waals surface area contributed by atoms with Gasteiger partial charge in [0.25, 0.3) is 15.9 Å². The third-order valence-electron chi connectivity index (χ3n) is 3.40. The molecule has 2 N–H and O–H groups in total. The van der Waals surface area contributed by atoms with Gasteiger partial charge in [0, 0.05) is 16.3 Å². The molecule has 0 spiro atoms. The first-order valence-corrected chi connectivity index (χ1v) is 9.14. The first-order valence-electron chi connectivity index (χ1n) is 6.50. The van der Waals surface area contributed by atoms with Crippen molar-refractivity contribution >= 4 is 54.9 Å². The van der Waals surface area contributed by atoms with Crippen LogP contribution in [0.3, 0.4) is 0 Å². The number of carboxylic acid groups (broad SMARTS) is 1. The lowest BCUT2D eigenvalue weighted by atomic mass is 10.2. The minimum absolute atomic E-state index is 0.0868. The highest BCUT2D eigenvalue weighted by atomic mass is 35.5. The van der Waals surface area contributed by atoms with Crippen LogP contribution in [0.15, 0.2) is 28.5 Å². The fraction of sp³-hybridized carbons (Fsp3) is 0.231. The highest BCUT2D eigenvalue weighted by molar-refractivity contribution is 7.92. The molecule has 1 saturated heterocycles. The Labute approximate surface area is 140 Å². The molecule has 2 aromatic rings. The van der Waals surface area contributed by atoms with Gasteiger partial charge < -0.3 is 10.4 Å². The molecule has 0 saturated carbocycles. The molecule has 1 aliphatic heterocycles. The maximum atomic E-state index is 12.8. The lowest BCUT2D eigenvalue weighted by Crippen LogP contribution is -2.59. The third kappa shape index (κ3) is 2.80. The molecule has 0 aliphatic carbocycles. The molecule has 1 aromatic heterocycles. The number of rotatable bonds is 3. The number of hydrogen-bond donors (Lipinski definition) is 2. The number of carbonyl (C=O) groups is 2. The van der Waals surface area contributed by atoms with E-state index in [-0.39, 0.29) is 17.3 Å². The Morgan fingerprint density at radius 2 is 2.13 bits per heavy atom. The summed E-state index contributed by atoms with van der Waals surface area (Å²) in [6.45, 7) is -0.350. The van der Waals surface area contributed by atoms with Gasteiger partial charge in [-0.25, -0.2) is 17.5 Å². The molecule has 122 valence electrons. The fourth-order valence-electron chi connectivity index (χ4n) is 2.34. The SMILES string of the molecule is O=C(O)C1CNCC(=O)N1S(=O)(=O)c1cc2ccc(Cl)cc2s1. The molecule has 0 bridgehead atoms. The second-order valence-electron chi connectivity index (χ2n) is 4.93. The summed E-state index contributed by atoms with van der Waals surface area (Å²) in [6.07, 6.45) is 0. The number of nitrogens with zero attached hydrogens (tertiary/aromatic N) is 1. The van der Waals surface area contributed by atoms with E-state index in [1.807, 2.05) is 0 Å². The summed E-state index contributed by atoms with van der Waals surface area (Å²) in [5.74, 6) is -2.17. The van der Waals surface area contributed by atoms with Crippen LogP contribution < -0.4 is 5.32 Å². The monoisotopic (exact) mass is 374 g/mol. The standard InChI is InChI=1S/C13H11ClN2O5S2/c14-8-2-1-7-3-12(22-10(7)4-8)23(20,21)16-9(13(18)19)5-15-6-11(16)17/h1-4,9,15H,5-6H2,(H,18,19). The Bertz CT molecular complexity index is 908. The Morgan fingerprint density at radius 3 is 2.83 bits per heavy atom. The van der Waals surface area contributed by atoms with Crippen molar-refractivity contribution in [3.05, 3.63) is 29.3 Å². The number of halogens is 1. The Morgan fingerprint density at radius 1 is 1.39 bits per heavy atom. The molecule has 7 nitrogen and oxygen atoms in total. The molecule has 1 aliphatic rings. The van der Waals surface area contributed by atoms with Crippen LogP contribution in [0.4, 0.5) is 0 Å². The summed E-state index contributed by atoms with van der Waals surface area (Å²) in [4.78, 5) is 23.3. The number of benzene rings is 1. The van der Waals surface area contributed by atoms with Crippen molar-refractivity contribution in [2.24, 2.45) is 0 Å². The van der Waals surface area contributed by atoms with Crippen molar-refractivity contribution in [2.45, 2.75) is 10.3 Å². The molecule has 23 heavy (non-hydrogen) atoms. The fourth-order valence-corrected chi connectivity index (χ4v) is 5.65. The molecule has 1 aromatic carbocycles. The highest BCUT2D eigenvalue weighted by Crippen LogP contribution is 2.33. The van der Waals surface area contributed by atoms with Gasteiger partial charge in [-0.1, -0.05) is 17.7 Å². The van der Waals surface area contributed by atoms with Crippen molar-refractivity contribution in [1.29, 1.82) is 0 Å². The quantitative estimate of drug-likeness (QED) is 0.834. The number of sulfonamides is 1. The van der Waals surface area contributed by atoms with E-state index in [0.717, 1.165) is 11.3 Å². The van der Waals surface area contributed by atoms with Gasteiger partial charge >= 0.3 is 5.97 Å². The predicted octanol–water partition coefficient (Wildman–Crippen LogP) is 1.13. The molecular formula is C13H11ClN2O5S2. The van der Waals surface area contributed by atoms with E-state index in [0.29, 0.717) is 19.4 Å². The van der Waals surface area contributed by atoms with Crippen LogP contribution in [0.2, 0.25) is 5.02 Å². The van der Waals surface area contributed by atoms with Crippen LogP contribution in [0.5, 0.6) is 0 Å². The van der Waals surface area contributed by atoms with Crippen molar-refractivity contribution < 1.29 is 23.1 Å². The van der Waals surface area contributed by atoms with Crippen molar-refractivity contribution in [3.8, 4) is 0 Å². The van der Waals surface area contributed by atoms with Gasteiger partial charge in [-0.2, -0.15) is 0 Å². The lowest BCUT2D eigenvalue weighted by molar-refractivity contribution is -0.147. The molecule has 3 rings (SSSR count). The minimum atomic E-state index is -4.24. The zero-order valence-electron chi connectivity index (χ0n) is 11.5. The third-order valence-corrected chi connectivity index (χ3v) is 7.01. The van der Waals surface area contributed by atoms with E-state index in [4.69, 9.17) is 11.6 Å². The molecule has 1 unspecified atom stereocenters. The van der Waals surface area contributed by atoms with E-state index in [9.17, 15) is 23.1 Å². The second kappa shape index (κ2) is 5.75. The van der Waals surface area contributed by atoms with Crippen LogP contribution in [-0.4, -0.2) is 48.8 Å². The van der Waals surface area contributed by atoms with Crippen LogP contribution in [0, 0.1) is 0 Å². The van der Waals surface area contributed by atoms with E-state index < -0.39 is 27.9 Å². The Hall–Kier alpha value is -1.68. The summed E-state index contributed by atoms with van der Waals surface area (Å²) in [6, 6.07) is 4.87. The summed E-state index contributed by atoms with van der Waals surface area (Å²) in [7, 11) is -4.24. The number of aliphatic carboxylic acids is 1. The number of amides is 1. The number of piperazine rings is 1. The van der Waals surface area contributed by atoms with Crippen LogP contribution in [-0.2, 0) is 19.6 Å². The summed E-state index contributed by atoms with van der Waals surface area (Å²) in [5, 5.41) is 12.9. The normalized spacial score (nSPS) is 19.3. The highest BCUT2D eigenvalue weighted by Gasteiger charge is 2.42. The van der Waals surface area contributed by atoms with E-state index >= 15 is 0 Å². The molecule has 1 fully saturated rings. The average molecular weight is 375 g/mol. The largest absolute Gasteiger partial charge is 0.480 e. The van der Waals surface area contributed by atoms with Crippen LogP contribution >= 0.6 is 22.9 Å². The second-order valence-corrected chi connectivity index (χ2v) is 8.49. The van der Waals surface area contributed by atoms with Crippen LogP contribution in [0.25, 0.3) is 10.1 Å². The maximum absolute atomic E-state index is 12.8. The Balaban J connectivity index is 2.10. The number of thiophene rings is 1. The molecular weight excluding hydrogens is 364 g/mol. The molecule has 1 atom stereocenters.